The van der Waals surface area contributed by atoms with E-state index >= 15 is 0 Å². The zero-order valence-electron chi connectivity index (χ0n) is 17.7. The summed E-state index contributed by atoms with van der Waals surface area (Å²) in [4.78, 5) is 14.3. The van der Waals surface area contributed by atoms with Crippen molar-refractivity contribution in [2.24, 2.45) is 5.92 Å². The summed E-state index contributed by atoms with van der Waals surface area (Å²) in [6.07, 6.45) is 3.13. The van der Waals surface area contributed by atoms with Gasteiger partial charge in [0.25, 0.3) is 0 Å². The molecule has 3 nitrogen and oxygen atoms in total. The molecule has 1 unspecified atom stereocenters. The molecule has 1 aromatic carbocycles. The fourth-order valence-corrected chi connectivity index (χ4v) is 4.02. The van der Waals surface area contributed by atoms with Crippen molar-refractivity contribution in [3.63, 3.8) is 0 Å². The van der Waals surface area contributed by atoms with Crippen LogP contribution in [0, 0.1) is 5.92 Å². The van der Waals surface area contributed by atoms with Gasteiger partial charge < -0.3 is 5.32 Å². The second-order valence-electron chi connectivity index (χ2n) is 8.61. The fraction of sp³-hybridized carbons (Fsp3) is 0.696. The summed E-state index contributed by atoms with van der Waals surface area (Å²) in [5.74, 6) is 0.545. The highest BCUT2D eigenvalue weighted by molar-refractivity contribution is 5.95. The SMILES string of the molecule is CC(C)CC1CN(c2ccccc2CCCCCCCCCC(F)(F)F)C(=O)N1. The largest absolute Gasteiger partial charge is 0.389 e. The number of para-hydroxylation sites is 1. The Morgan fingerprint density at radius 1 is 1.03 bits per heavy atom. The van der Waals surface area contributed by atoms with Gasteiger partial charge >= 0.3 is 12.2 Å². The molecule has 1 N–H and O–H groups in total. The van der Waals surface area contributed by atoms with Gasteiger partial charge in [0.2, 0.25) is 0 Å². The number of nitrogens with zero attached hydrogens (tertiary/aromatic N) is 1. The van der Waals surface area contributed by atoms with E-state index in [2.05, 4.69) is 25.2 Å². The minimum atomic E-state index is -4.02. The first kappa shape index (κ1) is 23.6. The average molecular weight is 413 g/mol. The number of anilines is 1. The Morgan fingerprint density at radius 2 is 1.66 bits per heavy atom. The van der Waals surface area contributed by atoms with E-state index in [1.807, 2.05) is 23.1 Å². The normalized spacial score (nSPS) is 17.2. The van der Waals surface area contributed by atoms with Crippen LogP contribution in [0.1, 0.15) is 77.2 Å². The van der Waals surface area contributed by atoms with Gasteiger partial charge in [0.15, 0.2) is 0 Å². The third-order valence-corrected chi connectivity index (χ3v) is 5.42. The van der Waals surface area contributed by atoms with Crippen LogP contribution in [0.2, 0.25) is 0 Å². The molecule has 1 aliphatic heterocycles. The van der Waals surface area contributed by atoms with Gasteiger partial charge in [0.05, 0.1) is 0 Å². The molecule has 0 bridgehead atoms. The Labute approximate surface area is 173 Å². The van der Waals surface area contributed by atoms with Crippen LogP contribution in [0.3, 0.4) is 0 Å². The number of halogens is 3. The van der Waals surface area contributed by atoms with E-state index in [-0.39, 0.29) is 18.5 Å². The van der Waals surface area contributed by atoms with E-state index in [1.54, 1.807) is 0 Å². The van der Waals surface area contributed by atoms with Gasteiger partial charge in [0.1, 0.15) is 0 Å². The van der Waals surface area contributed by atoms with Crippen LogP contribution in [0.25, 0.3) is 0 Å². The number of rotatable bonds is 12. The van der Waals surface area contributed by atoms with Crippen molar-refractivity contribution in [3.05, 3.63) is 29.8 Å². The summed E-state index contributed by atoms with van der Waals surface area (Å²) in [5.41, 5.74) is 2.20. The van der Waals surface area contributed by atoms with Gasteiger partial charge in [-0.3, -0.25) is 4.90 Å². The van der Waals surface area contributed by atoms with Gasteiger partial charge in [-0.2, -0.15) is 13.2 Å². The molecule has 0 radical (unpaired) electrons. The first-order valence-electron chi connectivity index (χ1n) is 11.0. The maximum Gasteiger partial charge on any atom is 0.389 e. The quantitative estimate of drug-likeness (QED) is 0.374. The number of nitrogens with one attached hydrogen (secondary N) is 1. The molecule has 1 aliphatic rings. The lowest BCUT2D eigenvalue weighted by Crippen LogP contribution is -2.29. The highest BCUT2D eigenvalue weighted by Crippen LogP contribution is 2.27. The van der Waals surface area contributed by atoms with Crippen LogP contribution in [-0.2, 0) is 6.42 Å². The van der Waals surface area contributed by atoms with E-state index in [0.717, 1.165) is 50.6 Å². The molecule has 2 amide bonds. The number of hydrogen-bond donors (Lipinski definition) is 1. The summed E-state index contributed by atoms with van der Waals surface area (Å²) in [7, 11) is 0. The number of urea groups is 1. The van der Waals surface area contributed by atoms with Crippen molar-refractivity contribution in [2.75, 3.05) is 11.4 Å². The molecule has 164 valence electrons. The van der Waals surface area contributed by atoms with Crippen LogP contribution in [0.15, 0.2) is 24.3 Å². The van der Waals surface area contributed by atoms with E-state index in [0.29, 0.717) is 18.9 Å². The molecule has 6 heteroatoms. The standard InChI is InChI=1S/C23H35F3N2O/c1-18(2)16-20-17-28(22(29)27-20)21-14-10-9-13-19(21)12-8-6-4-3-5-7-11-15-23(24,25)26/h9-10,13-14,18,20H,3-8,11-12,15-17H2,1-2H3,(H,27,29). The van der Waals surface area contributed by atoms with Crippen molar-refractivity contribution >= 4 is 11.7 Å². The zero-order chi connectivity index (χ0) is 21.3. The number of unbranched alkanes of at least 4 members (excludes halogenated alkanes) is 6. The molecular formula is C23H35F3N2O. The molecule has 2 rings (SSSR count). The van der Waals surface area contributed by atoms with Crippen molar-refractivity contribution < 1.29 is 18.0 Å². The smallest absolute Gasteiger partial charge is 0.333 e. The van der Waals surface area contributed by atoms with Crippen LogP contribution in [-0.4, -0.2) is 24.8 Å². The number of amides is 2. The Bertz CT molecular complexity index is 631. The molecule has 29 heavy (non-hydrogen) atoms. The predicted octanol–water partition coefficient (Wildman–Crippen LogP) is 6.86. The van der Waals surface area contributed by atoms with Gasteiger partial charge in [-0.05, 0) is 43.2 Å². The third-order valence-electron chi connectivity index (χ3n) is 5.42. The lowest BCUT2D eigenvalue weighted by Gasteiger charge is -2.19. The molecule has 1 aromatic rings. The molecule has 1 heterocycles. The minimum Gasteiger partial charge on any atom is -0.333 e. The van der Waals surface area contributed by atoms with Crippen molar-refractivity contribution in [1.82, 2.24) is 5.32 Å². The second kappa shape index (κ2) is 11.5. The molecule has 0 aromatic heterocycles. The predicted molar refractivity (Wildman–Crippen MR) is 112 cm³/mol. The van der Waals surface area contributed by atoms with Crippen molar-refractivity contribution in [1.29, 1.82) is 0 Å². The lowest BCUT2D eigenvalue weighted by molar-refractivity contribution is -0.135. The van der Waals surface area contributed by atoms with Crippen LogP contribution >= 0.6 is 0 Å². The Balaban J connectivity index is 1.71. The van der Waals surface area contributed by atoms with Gasteiger partial charge in [-0.15, -0.1) is 0 Å². The number of aryl methyl sites for hydroxylation is 1. The van der Waals surface area contributed by atoms with Crippen molar-refractivity contribution in [2.45, 2.75) is 90.3 Å². The third kappa shape index (κ3) is 8.67. The number of carbonyl (C=O) groups excluding carboxylic acids is 1. The molecule has 1 fully saturated rings. The Morgan fingerprint density at radius 3 is 2.31 bits per heavy atom. The monoisotopic (exact) mass is 412 g/mol. The molecular weight excluding hydrogens is 377 g/mol. The maximum absolute atomic E-state index is 12.4. The summed E-state index contributed by atoms with van der Waals surface area (Å²) in [6.45, 7) is 5.05. The Kier molecular flexibility index (Phi) is 9.31. The molecule has 1 atom stereocenters. The molecule has 0 saturated carbocycles. The van der Waals surface area contributed by atoms with E-state index in [4.69, 9.17) is 0 Å². The zero-order valence-corrected chi connectivity index (χ0v) is 17.7. The molecule has 0 spiro atoms. The first-order valence-corrected chi connectivity index (χ1v) is 11.0. The van der Waals surface area contributed by atoms with Gasteiger partial charge in [0, 0.05) is 24.7 Å². The maximum atomic E-state index is 12.4. The number of hydrogen-bond acceptors (Lipinski definition) is 1. The van der Waals surface area contributed by atoms with E-state index < -0.39 is 12.6 Å². The molecule has 0 aliphatic carbocycles. The molecule has 1 saturated heterocycles. The number of benzene rings is 1. The van der Waals surface area contributed by atoms with Crippen LogP contribution in [0.4, 0.5) is 23.7 Å². The summed E-state index contributed by atoms with van der Waals surface area (Å²) in [6, 6.07) is 8.29. The minimum absolute atomic E-state index is 0.0121. The summed E-state index contributed by atoms with van der Waals surface area (Å²) < 4.78 is 36.3. The topological polar surface area (TPSA) is 32.3 Å². The summed E-state index contributed by atoms with van der Waals surface area (Å²) >= 11 is 0. The Hall–Kier alpha value is -1.72. The average Bonchev–Trinajstić information content (AvgIpc) is 2.99. The van der Waals surface area contributed by atoms with Crippen molar-refractivity contribution in [3.8, 4) is 0 Å². The lowest BCUT2D eigenvalue weighted by atomic mass is 10.0. The highest BCUT2D eigenvalue weighted by atomic mass is 19.4. The fourth-order valence-electron chi connectivity index (χ4n) is 4.02. The van der Waals surface area contributed by atoms with Gasteiger partial charge in [-0.1, -0.05) is 64.2 Å². The number of alkyl halides is 3. The first-order chi connectivity index (χ1) is 13.8. The van der Waals surface area contributed by atoms with E-state index in [1.165, 1.54) is 5.56 Å². The van der Waals surface area contributed by atoms with Gasteiger partial charge in [-0.25, -0.2) is 4.79 Å². The summed E-state index contributed by atoms with van der Waals surface area (Å²) in [5, 5.41) is 3.09. The van der Waals surface area contributed by atoms with Crippen LogP contribution < -0.4 is 10.2 Å². The van der Waals surface area contributed by atoms with E-state index in [9.17, 15) is 18.0 Å². The second-order valence-corrected chi connectivity index (χ2v) is 8.61. The number of carbonyl (C=O) groups is 1. The highest BCUT2D eigenvalue weighted by Gasteiger charge is 2.31. The van der Waals surface area contributed by atoms with Crippen LogP contribution in [0.5, 0.6) is 0 Å².